The summed E-state index contributed by atoms with van der Waals surface area (Å²) in [4.78, 5) is 21.0. The van der Waals surface area contributed by atoms with Crippen LogP contribution in [0.3, 0.4) is 0 Å². The van der Waals surface area contributed by atoms with Gasteiger partial charge in [0.05, 0.1) is 0 Å². The van der Waals surface area contributed by atoms with Crippen molar-refractivity contribution < 1.29 is 8.42 Å². The zero-order valence-corrected chi connectivity index (χ0v) is 17.4. The molecule has 1 saturated carbocycles. The van der Waals surface area contributed by atoms with Gasteiger partial charge in [-0.1, -0.05) is 31.7 Å². The van der Waals surface area contributed by atoms with Crippen LogP contribution in [-0.4, -0.2) is 34.7 Å². The van der Waals surface area contributed by atoms with Crippen molar-refractivity contribution in [3.63, 3.8) is 0 Å². The largest absolute Gasteiger partial charge is 0.296 e. The fourth-order valence-corrected chi connectivity index (χ4v) is 4.86. The number of aromatic amines is 1. The van der Waals surface area contributed by atoms with Gasteiger partial charge < -0.3 is 0 Å². The Balaban J connectivity index is 1.43. The molecule has 0 radical (unpaired) electrons. The standard InChI is InChI=1S/C21H25N5O3S/c27-21-18(12-17-6-3-10-22-13-17)14-24-26(21)20-8-7-19(15-23-20)30(28,29)25-11-9-16-4-1-2-5-16/h3,6-8,10,13-16,24-25H,1-2,4-5,9,11-12H2. The first kappa shape index (κ1) is 20.5. The predicted octanol–water partition coefficient (Wildman–Crippen LogP) is 2.41. The zero-order chi connectivity index (χ0) is 21.0. The monoisotopic (exact) mass is 427 g/mol. The molecule has 0 spiro atoms. The Morgan fingerprint density at radius 2 is 2.00 bits per heavy atom. The van der Waals surface area contributed by atoms with Crippen LogP contribution >= 0.6 is 0 Å². The summed E-state index contributed by atoms with van der Waals surface area (Å²) in [6.45, 7) is 0.433. The van der Waals surface area contributed by atoms with Gasteiger partial charge in [-0.3, -0.25) is 14.9 Å². The maximum atomic E-state index is 12.7. The minimum Gasteiger partial charge on any atom is -0.296 e. The third-order valence-corrected chi connectivity index (χ3v) is 6.99. The highest BCUT2D eigenvalue weighted by Crippen LogP contribution is 2.27. The van der Waals surface area contributed by atoms with Crippen molar-refractivity contribution in [3.8, 4) is 5.82 Å². The second-order valence-electron chi connectivity index (χ2n) is 7.67. The lowest BCUT2D eigenvalue weighted by Crippen LogP contribution is -2.26. The first-order valence-corrected chi connectivity index (χ1v) is 11.7. The molecule has 30 heavy (non-hydrogen) atoms. The molecule has 1 aliphatic carbocycles. The summed E-state index contributed by atoms with van der Waals surface area (Å²) < 4.78 is 28.9. The molecule has 0 amide bonds. The van der Waals surface area contributed by atoms with Crippen molar-refractivity contribution >= 4 is 10.0 Å². The van der Waals surface area contributed by atoms with Crippen LogP contribution in [0.25, 0.3) is 5.82 Å². The van der Waals surface area contributed by atoms with Gasteiger partial charge in [-0.25, -0.2) is 22.8 Å². The minimum atomic E-state index is -3.61. The average molecular weight is 428 g/mol. The summed E-state index contributed by atoms with van der Waals surface area (Å²) in [7, 11) is -3.61. The molecular weight excluding hydrogens is 402 g/mol. The van der Waals surface area contributed by atoms with Crippen LogP contribution in [0.1, 0.15) is 43.2 Å². The molecule has 158 valence electrons. The van der Waals surface area contributed by atoms with E-state index in [4.69, 9.17) is 0 Å². The third kappa shape index (κ3) is 4.68. The number of hydrogen-bond donors (Lipinski definition) is 2. The van der Waals surface area contributed by atoms with Gasteiger partial charge in [-0.2, -0.15) is 0 Å². The van der Waals surface area contributed by atoms with E-state index >= 15 is 0 Å². The highest BCUT2D eigenvalue weighted by Gasteiger charge is 2.18. The second-order valence-corrected chi connectivity index (χ2v) is 9.43. The van der Waals surface area contributed by atoms with E-state index in [1.165, 1.54) is 48.7 Å². The van der Waals surface area contributed by atoms with Crippen LogP contribution in [0, 0.1) is 5.92 Å². The topological polar surface area (TPSA) is 110 Å². The van der Waals surface area contributed by atoms with Gasteiger partial charge in [-0.15, -0.1) is 0 Å². The summed E-state index contributed by atoms with van der Waals surface area (Å²) in [5.74, 6) is 0.955. The quantitative estimate of drug-likeness (QED) is 0.574. The Bertz CT molecular complexity index is 1130. The van der Waals surface area contributed by atoms with Gasteiger partial charge in [0.25, 0.3) is 5.56 Å². The van der Waals surface area contributed by atoms with E-state index < -0.39 is 10.0 Å². The van der Waals surface area contributed by atoms with Crippen molar-refractivity contribution in [2.45, 2.75) is 43.4 Å². The summed E-state index contributed by atoms with van der Waals surface area (Å²) in [5, 5.41) is 2.89. The highest BCUT2D eigenvalue weighted by molar-refractivity contribution is 7.89. The van der Waals surface area contributed by atoms with Crippen LogP contribution < -0.4 is 10.3 Å². The normalized spacial score (nSPS) is 14.9. The van der Waals surface area contributed by atoms with Crippen molar-refractivity contribution in [3.05, 3.63) is 70.5 Å². The number of sulfonamides is 1. The van der Waals surface area contributed by atoms with E-state index in [1.54, 1.807) is 18.6 Å². The Labute approximate surface area is 175 Å². The van der Waals surface area contributed by atoms with Gasteiger partial charge >= 0.3 is 0 Å². The molecule has 0 atom stereocenters. The number of aromatic nitrogens is 4. The SMILES string of the molecule is O=c1c(Cc2cccnc2)c[nH]n1-c1ccc(S(=O)(=O)NCCC2CCCC2)cn1. The lowest BCUT2D eigenvalue weighted by atomic mass is 10.1. The number of H-pyrrole nitrogens is 1. The molecule has 0 saturated heterocycles. The van der Waals surface area contributed by atoms with Crippen LogP contribution in [0.5, 0.6) is 0 Å². The summed E-state index contributed by atoms with van der Waals surface area (Å²) in [5.41, 5.74) is 1.28. The predicted molar refractivity (Wildman–Crippen MR) is 113 cm³/mol. The zero-order valence-electron chi connectivity index (χ0n) is 16.6. The summed E-state index contributed by atoms with van der Waals surface area (Å²) in [6, 6.07) is 6.72. The lowest BCUT2D eigenvalue weighted by Gasteiger charge is -2.10. The van der Waals surface area contributed by atoms with Crippen molar-refractivity contribution in [2.24, 2.45) is 5.92 Å². The molecule has 0 bridgehead atoms. The van der Waals surface area contributed by atoms with E-state index in [-0.39, 0.29) is 10.5 Å². The number of nitrogens with zero attached hydrogens (tertiary/aromatic N) is 3. The van der Waals surface area contributed by atoms with Gasteiger partial charge in [0.1, 0.15) is 4.90 Å². The summed E-state index contributed by atoms with van der Waals surface area (Å²) >= 11 is 0. The lowest BCUT2D eigenvalue weighted by molar-refractivity contribution is 0.495. The molecule has 3 aromatic heterocycles. The van der Waals surface area contributed by atoms with E-state index in [0.717, 1.165) is 12.0 Å². The van der Waals surface area contributed by atoms with Crippen LogP contribution in [-0.2, 0) is 16.4 Å². The highest BCUT2D eigenvalue weighted by atomic mass is 32.2. The van der Waals surface area contributed by atoms with Crippen molar-refractivity contribution in [2.75, 3.05) is 6.54 Å². The second kappa shape index (κ2) is 8.93. The van der Waals surface area contributed by atoms with Crippen molar-refractivity contribution in [1.29, 1.82) is 0 Å². The van der Waals surface area contributed by atoms with Gasteiger partial charge in [0, 0.05) is 43.3 Å². The Hall–Kier alpha value is -2.78. The molecular formula is C21H25N5O3S. The Kier molecular flexibility index (Phi) is 6.10. The molecule has 0 aromatic carbocycles. The fourth-order valence-electron chi connectivity index (χ4n) is 3.87. The summed E-state index contributed by atoms with van der Waals surface area (Å²) in [6.07, 6.45) is 12.5. The maximum Gasteiger partial charge on any atom is 0.276 e. The first-order valence-electron chi connectivity index (χ1n) is 10.2. The molecule has 1 aliphatic rings. The van der Waals surface area contributed by atoms with Gasteiger partial charge in [0.2, 0.25) is 10.0 Å². The molecule has 2 N–H and O–H groups in total. The van der Waals surface area contributed by atoms with E-state index in [2.05, 4.69) is 19.8 Å². The first-order chi connectivity index (χ1) is 14.5. The molecule has 3 heterocycles. The minimum absolute atomic E-state index is 0.0906. The third-order valence-electron chi connectivity index (χ3n) is 5.54. The number of rotatable bonds is 8. The molecule has 0 unspecified atom stereocenters. The van der Waals surface area contributed by atoms with E-state index in [9.17, 15) is 13.2 Å². The molecule has 9 heteroatoms. The van der Waals surface area contributed by atoms with E-state index in [1.807, 2.05) is 12.1 Å². The van der Waals surface area contributed by atoms with Crippen LogP contribution in [0.15, 0.2) is 58.7 Å². The Morgan fingerprint density at radius 1 is 1.17 bits per heavy atom. The van der Waals surface area contributed by atoms with Gasteiger partial charge in [-0.05, 0) is 36.1 Å². The van der Waals surface area contributed by atoms with E-state index in [0.29, 0.717) is 30.3 Å². The number of hydrogen-bond acceptors (Lipinski definition) is 5. The number of nitrogens with one attached hydrogen (secondary N) is 2. The molecule has 1 fully saturated rings. The number of pyridine rings is 2. The van der Waals surface area contributed by atoms with Crippen LogP contribution in [0.4, 0.5) is 0 Å². The molecule has 8 nitrogen and oxygen atoms in total. The van der Waals surface area contributed by atoms with Gasteiger partial charge in [0.15, 0.2) is 5.82 Å². The molecule has 3 aromatic rings. The molecule has 0 aliphatic heterocycles. The van der Waals surface area contributed by atoms with Crippen LogP contribution in [0.2, 0.25) is 0 Å². The molecule has 4 rings (SSSR count). The smallest absolute Gasteiger partial charge is 0.276 e. The average Bonchev–Trinajstić information content (AvgIpc) is 3.39. The Morgan fingerprint density at radius 3 is 2.70 bits per heavy atom. The maximum absolute atomic E-state index is 12.7. The fraction of sp³-hybridized carbons (Fsp3) is 0.381. The van der Waals surface area contributed by atoms with Crippen molar-refractivity contribution in [1.82, 2.24) is 24.5 Å².